The molecule has 0 aliphatic heterocycles. The lowest BCUT2D eigenvalue weighted by Gasteiger charge is -2.18. The van der Waals surface area contributed by atoms with Gasteiger partial charge in [0, 0.05) is 6.04 Å². The van der Waals surface area contributed by atoms with Crippen LogP contribution in [-0.4, -0.2) is 21.0 Å². The number of hydrogen-bond donors (Lipinski definition) is 2. The molecular weight excluding hydrogens is 280 g/mol. The lowest BCUT2D eigenvalue weighted by Crippen LogP contribution is -2.39. The van der Waals surface area contributed by atoms with E-state index in [2.05, 4.69) is 4.72 Å². The topological polar surface area (TPSA) is 72.2 Å². The third kappa shape index (κ3) is 3.00. The highest BCUT2D eigenvalue weighted by Crippen LogP contribution is 2.29. The molecule has 7 heteroatoms. The Morgan fingerprint density at radius 1 is 1.47 bits per heavy atom. The van der Waals surface area contributed by atoms with Crippen molar-refractivity contribution < 1.29 is 8.42 Å². The van der Waals surface area contributed by atoms with Crippen molar-refractivity contribution in [2.75, 3.05) is 6.54 Å². The lowest BCUT2D eigenvalue weighted by atomic mass is 10.1. The van der Waals surface area contributed by atoms with Crippen LogP contribution in [0.1, 0.15) is 19.3 Å². The summed E-state index contributed by atoms with van der Waals surface area (Å²) in [5, 5.41) is 0. The SMILES string of the molecule is NCC1CCCC1NS(=O)(=O)c1ccc(Cl)s1. The maximum absolute atomic E-state index is 12.1. The van der Waals surface area contributed by atoms with E-state index in [1.54, 1.807) is 6.07 Å². The van der Waals surface area contributed by atoms with Crippen molar-refractivity contribution in [1.29, 1.82) is 0 Å². The van der Waals surface area contributed by atoms with E-state index in [9.17, 15) is 8.42 Å². The van der Waals surface area contributed by atoms with E-state index in [4.69, 9.17) is 17.3 Å². The first-order valence-corrected chi connectivity index (χ1v) is 8.18. The van der Waals surface area contributed by atoms with Crippen LogP contribution in [0.25, 0.3) is 0 Å². The molecule has 4 nitrogen and oxygen atoms in total. The molecule has 0 spiro atoms. The third-order valence-corrected chi connectivity index (χ3v) is 6.29. The summed E-state index contributed by atoms with van der Waals surface area (Å²) in [5.41, 5.74) is 5.63. The largest absolute Gasteiger partial charge is 0.330 e. The van der Waals surface area contributed by atoms with Crippen LogP contribution >= 0.6 is 22.9 Å². The highest BCUT2D eigenvalue weighted by Gasteiger charge is 2.30. The number of nitrogens with one attached hydrogen (secondary N) is 1. The van der Waals surface area contributed by atoms with Gasteiger partial charge in [0.25, 0.3) is 0 Å². The summed E-state index contributed by atoms with van der Waals surface area (Å²) in [6.07, 6.45) is 2.88. The Morgan fingerprint density at radius 2 is 2.24 bits per heavy atom. The Morgan fingerprint density at radius 3 is 2.82 bits per heavy atom. The Kier molecular flexibility index (Phi) is 4.10. The van der Waals surface area contributed by atoms with Crippen LogP contribution in [0.15, 0.2) is 16.3 Å². The van der Waals surface area contributed by atoms with E-state index in [0.29, 0.717) is 10.9 Å². The average Bonchev–Trinajstić information content (AvgIpc) is 2.86. The van der Waals surface area contributed by atoms with Gasteiger partial charge in [0.15, 0.2) is 0 Å². The fourth-order valence-corrected chi connectivity index (χ4v) is 5.01. The van der Waals surface area contributed by atoms with Gasteiger partial charge < -0.3 is 5.73 Å². The van der Waals surface area contributed by atoms with Crippen LogP contribution in [0.5, 0.6) is 0 Å². The number of nitrogens with two attached hydrogens (primary N) is 1. The summed E-state index contributed by atoms with van der Waals surface area (Å²) in [6, 6.07) is 3.09. The maximum atomic E-state index is 12.1. The van der Waals surface area contributed by atoms with Crippen molar-refractivity contribution in [2.24, 2.45) is 11.7 Å². The predicted octanol–water partition coefficient (Wildman–Crippen LogP) is 1.81. The zero-order chi connectivity index (χ0) is 12.5. The van der Waals surface area contributed by atoms with E-state index >= 15 is 0 Å². The molecule has 2 unspecified atom stereocenters. The first kappa shape index (κ1) is 13.3. The van der Waals surface area contributed by atoms with Gasteiger partial charge in [-0.25, -0.2) is 13.1 Å². The van der Waals surface area contributed by atoms with Crippen LogP contribution in [-0.2, 0) is 10.0 Å². The lowest BCUT2D eigenvalue weighted by molar-refractivity contribution is 0.453. The monoisotopic (exact) mass is 294 g/mol. The highest BCUT2D eigenvalue weighted by atomic mass is 35.5. The van der Waals surface area contributed by atoms with Gasteiger partial charge in [-0.15, -0.1) is 11.3 Å². The van der Waals surface area contributed by atoms with E-state index in [1.807, 2.05) is 0 Å². The van der Waals surface area contributed by atoms with Crippen LogP contribution in [0.3, 0.4) is 0 Å². The molecule has 3 N–H and O–H groups in total. The zero-order valence-electron chi connectivity index (χ0n) is 9.23. The molecule has 2 atom stereocenters. The summed E-state index contributed by atoms with van der Waals surface area (Å²) in [4.78, 5) is 0. The van der Waals surface area contributed by atoms with Gasteiger partial charge >= 0.3 is 0 Å². The van der Waals surface area contributed by atoms with Crippen LogP contribution in [0, 0.1) is 5.92 Å². The van der Waals surface area contributed by atoms with Gasteiger partial charge in [-0.3, -0.25) is 0 Å². The van der Waals surface area contributed by atoms with Crippen LogP contribution < -0.4 is 10.5 Å². The molecule has 1 aromatic heterocycles. The fourth-order valence-electron chi connectivity index (χ4n) is 2.17. The highest BCUT2D eigenvalue weighted by molar-refractivity contribution is 7.91. The Bertz CT molecular complexity index is 486. The molecule has 1 aliphatic rings. The van der Waals surface area contributed by atoms with Gasteiger partial charge in [0.05, 0.1) is 4.34 Å². The molecule has 1 aliphatic carbocycles. The second kappa shape index (κ2) is 5.24. The van der Waals surface area contributed by atoms with Gasteiger partial charge in [-0.1, -0.05) is 18.0 Å². The van der Waals surface area contributed by atoms with Crippen molar-refractivity contribution in [3.05, 3.63) is 16.5 Å². The van der Waals surface area contributed by atoms with E-state index in [0.717, 1.165) is 30.6 Å². The Balaban J connectivity index is 2.12. The molecule has 1 aromatic rings. The standard InChI is InChI=1S/C10H15ClN2O2S2/c11-9-4-5-10(16-9)17(14,15)13-8-3-1-2-7(8)6-12/h4-5,7-8,13H,1-3,6,12H2. The second-order valence-corrected chi connectivity index (χ2v) is 7.87. The van der Waals surface area contributed by atoms with E-state index in [-0.39, 0.29) is 16.2 Å². The molecular formula is C10H15ClN2O2S2. The predicted molar refractivity (Wildman–Crippen MR) is 69.8 cm³/mol. The number of hydrogen-bond acceptors (Lipinski definition) is 4. The number of halogens is 1. The molecule has 17 heavy (non-hydrogen) atoms. The van der Waals surface area contributed by atoms with Crippen LogP contribution in [0.2, 0.25) is 4.34 Å². The molecule has 2 rings (SSSR count). The van der Waals surface area contributed by atoms with Gasteiger partial charge in [-0.2, -0.15) is 0 Å². The van der Waals surface area contributed by atoms with Gasteiger partial charge in [-0.05, 0) is 37.4 Å². The minimum atomic E-state index is -3.44. The van der Waals surface area contributed by atoms with E-state index < -0.39 is 10.0 Å². The summed E-state index contributed by atoms with van der Waals surface area (Å²) >= 11 is 6.82. The number of thiophene rings is 1. The molecule has 96 valence electrons. The fraction of sp³-hybridized carbons (Fsp3) is 0.600. The van der Waals surface area contributed by atoms with Gasteiger partial charge in [0.1, 0.15) is 4.21 Å². The molecule has 0 radical (unpaired) electrons. The molecule has 0 aromatic carbocycles. The van der Waals surface area contributed by atoms with Crippen molar-refractivity contribution in [3.8, 4) is 0 Å². The minimum Gasteiger partial charge on any atom is -0.330 e. The Hall–Kier alpha value is -0.140. The summed E-state index contributed by atoms with van der Waals surface area (Å²) < 4.78 is 27.6. The summed E-state index contributed by atoms with van der Waals surface area (Å²) in [7, 11) is -3.44. The van der Waals surface area contributed by atoms with Crippen molar-refractivity contribution in [2.45, 2.75) is 29.5 Å². The van der Waals surface area contributed by atoms with Crippen molar-refractivity contribution in [1.82, 2.24) is 4.72 Å². The second-order valence-electron chi connectivity index (χ2n) is 4.21. The number of rotatable bonds is 4. The van der Waals surface area contributed by atoms with Crippen molar-refractivity contribution in [3.63, 3.8) is 0 Å². The molecule has 0 amide bonds. The first-order valence-electron chi connectivity index (χ1n) is 5.50. The smallest absolute Gasteiger partial charge is 0.250 e. The molecule has 1 heterocycles. The summed E-state index contributed by atoms with van der Waals surface area (Å²) in [6.45, 7) is 0.526. The first-order chi connectivity index (χ1) is 8.03. The average molecular weight is 295 g/mol. The van der Waals surface area contributed by atoms with E-state index in [1.165, 1.54) is 6.07 Å². The molecule has 1 saturated carbocycles. The summed E-state index contributed by atoms with van der Waals surface area (Å²) in [5.74, 6) is 0.250. The zero-order valence-corrected chi connectivity index (χ0v) is 11.6. The van der Waals surface area contributed by atoms with Crippen molar-refractivity contribution >= 4 is 33.0 Å². The van der Waals surface area contributed by atoms with Gasteiger partial charge in [0.2, 0.25) is 10.0 Å². The quantitative estimate of drug-likeness (QED) is 0.889. The maximum Gasteiger partial charge on any atom is 0.250 e. The third-order valence-electron chi connectivity index (χ3n) is 3.08. The molecule has 1 fully saturated rings. The number of sulfonamides is 1. The molecule has 0 saturated heterocycles. The molecule has 0 bridgehead atoms. The minimum absolute atomic E-state index is 0.0362. The Labute approximate surface area is 110 Å². The normalized spacial score (nSPS) is 25.3. The van der Waals surface area contributed by atoms with Crippen LogP contribution in [0.4, 0.5) is 0 Å².